The van der Waals surface area contributed by atoms with Crippen molar-refractivity contribution in [1.29, 1.82) is 0 Å². The van der Waals surface area contributed by atoms with E-state index < -0.39 is 0 Å². The molecule has 0 spiro atoms. The molecule has 0 saturated heterocycles. The Morgan fingerprint density at radius 1 is 1.09 bits per heavy atom. The molecule has 0 aliphatic heterocycles. The summed E-state index contributed by atoms with van der Waals surface area (Å²) in [7, 11) is 0. The van der Waals surface area contributed by atoms with Crippen LogP contribution in [0.5, 0.6) is 0 Å². The van der Waals surface area contributed by atoms with Crippen LogP contribution < -0.4 is 16.0 Å². The van der Waals surface area contributed by atoms with Crippen LogP contribution in [0.3, 0.4) is 0 Å². The van der Waals surface area contributed by atoms with E-state index in [9.17, 15) is 9.59 Å². The number of benzene rings is 1. The van der Waals surface area contributed by atoms with Crippen LogP contribution in [0, 0.1) is 11.8 Å². The van der Waals surface area contributed by atoms with Crippen molar-refractivity contribution in [2.45, 2.75) is 31.7 Å². The zero-order valence-electron chi connectivity index (χ0n) is 13.0. The molecule has 3 rings (SSSR count). The van der Waals surface area contributed by atoms with E-state index in [-0.39, 0.29) is 11.9 Å². The van der Waals surface area contributed by atoms with E-state index in [0.29, 0.717) is 35.6 Å². The number of urea groups is 1. The van der Waals surface area contributed by atoms with E-state index in [4.69, 9.17) is 11.6 Å². The molecule has 0 heterocycles. The van der Waals surface area contributed by atoms with Gasteiger partial charge in [0.1, 0.15) is 0 Å². The number of rotatable bonds is 5. The Labute approximate surface area is 141 Å². The van der Waals surface area contributed by atoms with Crippen LogP contribution in [0.1, 0.15) is 36.0 Å². The quantitative estimate of drug-likeness (QED) is 0.724. The van der Waals surface area contributed by atoms with Crippen LogP contribution in [-0.2, 0) is 0 Å². The van der Waals surface area contributed by atoms with Gasteiger partial charge in [-0.05, 0) is 43.2 Å². The summed E-state index contributed by atoms with van der Waals surface area (Å²) in [5, 5.41) is 9.02. The number of hydrogen-bond donors (Lipinski definition) is 3. The lowest BCUT2D eigenvalue weighted by Crippen LogP contribution is -2.46. The minimum absolute atomic E-state index is 0.144. The smallest absolute Gasteiger partial charge is 0.315 e. The van der Waals surface area contributed by atoms with Crippen molar-refractivity contribution >= 4 is 23.5 Å². The van der Waals surface area contributed by atoms with Gasteiger partial charge < -0.3 is 16.0 Å². The summed E-state index contributed by atoms with van der Waals surface area (Å²) in [6, 6.07) is 7.08. The molecule has 2 aliphatic rings. The van der Waals surface area contributed by atoms with Gasteiger partial charge in [0.05, 0.1) is 10.6 Å². The van der Waals surface area contributed by atoms with E-state index in [1.165, 1.54) is 19.3 Å². The van der Waals surface area contributed by atoms with Crippen molar-refractivity contribution in [2.75, 3.05) is 13.1 Å². The van der Waals surface area contributed by atoms with Crippen LogP contribution in [0.2, 0.25) is 5.02 Å². The van der Waals surface area contributed by atoms with Crippen LogP contribution in [-0.4, -0.2) is 31.1 Å². The van der Waals surface area contributed by atoms with Gasteiger partial charge in [0.15, 0.2) is 0 Å². The van der Waals surface area contributed by atoms with Crippen molar-refractivity contribution in [2.24, 2.45) is 11.8 Å². The van der Waals surface area contributed by atoms with Crippen molar-refractivity contribution < 1.29 is 9.59 Å². The van der Waals surface area contributed by atoms with E-state index >= 15 is 0 Å². The monoisotopic (exact) mass is 335 g/mol. The van der Waals surface area contributed by atoms with Gasteiger partial charge in [0.25, 0.3) is 5.91 Å². The molecule has 0 radical (unpaired) electrons. The molecule has 124 valence electrons. The Bertz CT molecular complexity index is 593. The fourth-order valence-corrected chi connectivity index (χ4v) is 3.96. The minimum Gasteiger partial charge on any atom is -0.350 e. The molecule has 2 fully saturated rings. The van der Waals surface area contributed by atoms with Crippen LogP contribution in [0.15, 0.2) is 24.3 Å². The number of halogens is 1. The largest absolute Gasteiger partial charge is 0.350 e. The first-order chi connectivity index (χ1) is 11.1. The van der Waals surface area contributed by atoms with Gasteiger partial charge in [-0.2, -0.15) is 0 Å². The Morgan fingerprint density at radius 2 is 1.87 bits per heavy atom. The maximum atomic E-state index is 12.0. The maximum absolute atomic E-state index is 12.0. The first kappa shape index (κ1) is 16.1. The number of carbonyl (C=O) groups excluding carboxylic acids is 2. The third-order valence-corrected chi connectivity index (χ3v) is 5.20. The topological polar surface area (TPSA) is 70.2 Å². The Hall–Kier alpha value is -1.75. The Kier molecular flexibility index (Phi) is 5.06. The first-order valence-corrected chi connectivity index (χ1v) is 8.58. The number of fused-ring (bicyclic) bond motifs is 2. The Balaban J connectivity index is 1.34. The maximum Gasteiger partial charge on any atom is 0.315 e. The predicted molar refractivity (Wildman–Crippen MR) is 89.6 cm³/mol. The van der Waals surface area contributed by atoms with Crippen LogP contribution in [0.4, 0.5) is 4.79 Å². The third kappa shape index (κ3) is 3.96. The number of carbonyl (C=O) groups is 2. The first-order valence-electron chi connectivity index (χ1n) is 8.20. The highest BCUT2D eigenvalue weighted by molar-refractivity contribution is 6.33. The predicted octanol–water partition coefficient (Wildman–Crippen LogP) is 2.56. The second kappa shape index (κ2) is 7.21. The summed E-state index contributed by atoms with van der Waals surface area (Å²) in [6.45, 7) is 0.761. The molecule has 1 aromatic rings. The van der Waals surface area contributed by atoms with E-state index in [0.717, 1.165) is 12.3 Å². The van der Waals surface area contributed by atoms with E-state index in [2.05, 4.69) is 16.0 Å². The normalized spacial score (nSPS) is 25.2. The fourth-order valence-electron chi connectivity index (χ4n) is 3.73. The number of nitrogens with one attached hydrogen (secondary N) is 3. The van der Waals surface area contributed by atoms with Crippen LogP contribution in [0.25, 0.3) is 0 Å². The molecule has 2 aliphatic carbocycles. The zero-order valence-corrected chi connectivity index (χ0v) is 13.7. The van der Waals surface area contributed by atoms with Gasteiger partial charge in [0, 0.05) is 19.1 Å². The highest BCUT2D eigenvalue weighted by Gasteiger charge is 2.40. The summed E-state index contributed by atoms with van der Waals surface area (Å²) in [4.78, 5) is 23.8. The molecule has 3 atom stereocenters. The second-order valence-corrected chi connectivity index (χ2v) is 6.82. The van der Waals surface area contributed by atoms with Crippen molar-refractivity contribution in [3.8, 4) is 0 Å². The molecule has 1 aromatic carbocycles. The van der Waals surface area contributed by atoms with Crippen molar-refractivity contribution in [3.05, 3.63) is 34.9 Å². The molecular weight excluding hydrogens is 314 g/mol. The van der Waals surface area contributed by atoms with Crippen LogP contribution >= 0.6 is 11.6 Å². The molecule has 6 heteroatoms. The van der Waals surface area contributed by atoms with Crippen molar-refractivity contribution in [1.82, 2.24) is 16.0 Å². The molecule has 2 saturated carbocycles. The molecule has 23 heavy (non-hydrogen) atoms. The summed E-state index contributed by atoms with van der Waals surface area (Å²) in [6.07, 6.45) is 4.93. The summed E-state index contributed by atoms with van der Waals surface area (Å²) >= 11 is 5.97. The average Bonchev–Trinajstić information content (AvgIpc) is 3.14. The van der Waals surface area contributed by atoms with Gasteiger partial charge in [0.2, 0.25) is 0 Å². The lowest BCUT2D eigenvalue weighted by atomic mass is 9.95. The lowest BCUT2D eigenvalue weighted by molar-refractivity contribution is 0.0954. The van der Waals surface area contributed by atoms with Crippen molar-refractivity contribution in [3.63, 3.8) is 0 Å². The number of amides is 3. The Morgan fingerprint density at radius 3 is 2.57 bits per heavy atom. The van der Waals surface area contributed by atoms with E-state index in [1.807, 2.05) is 0 Å². The standard InChI is InChI=1S/C17H22ClN3O2/c18-14-4-2-1-3-13(14)16(22)19-7-8-20-17(23)21-15-10-11-5-6-12(15)9-11/h1-4,11-12,15H,5-10H2,(H,19,22)(H2,20,21,23)/t11-,12+,15+/m0/s1. The summed E-state index contributed by atoms with van der Waals surface area (Å²) in [5.74, 6) is 1.23. The molecule has 3 amide bonds. The van der Waals surface area contributed by atoms with Gasteiger partial charge in [-0.1, -0.05) is 30.2 Å². The van der Waals surface area contributed by atoms with Gasteiger partial charge in [-0.3, -0.25) is 4.79 Å². The van der Waals surface area contributed by atoms with Gasteiger partial charge in [-0.25, -0.2) is 4.79 Å². The highest BCUT2D eigenvalue weighted by atomic mass is 35.5. The number of hydrogen-bond acceptors (Lipinski definition) is 2. The van der Waals surface area contributed by atoms with Gasteiger partial charge in [-0.15, -0.1) is 0 Å². The zero-order chi connectivity index (χ0) is 16.2. The summed E-state index contributed by atoms with van der Waals surface area (Å²) in [5.41, 5.74) is 0.445. The lowest BCUT2D eigenvalue weighted by Gasteiger charge is -2.23. The summed E-state index contributed by atoms with van der Waals surface area (Å²) < 4.78 is 0. The van der Waals surface area contributed by atoms with E-state index in [1.54, 1.807) is 24.3 Å². The fraction of sp³-hybridized carbons (Fsp3) is 0.529. The second-order valence-electron chi connectivity index (χ2n) is 6.42. The molecular formula is C17H22ClN3O2. The highest BCUT2D eigenvalue weighted by Crippen LogP contribution is 2.44. The molecule has 3 N–H and O–H groups in total. The van der Waals surface area contributed by atoms with Gasteiger partial charge >= 0.3 is 6.03 Å². The molecule has 2 bridgehead atoms. The third-order valence-electron chi connectivity index (χ3n) is 4.87. The SMILES string of the molecule is O=C(NCCNC(=O)c1ccccc1Cl)N[C@@H]1C[C@H]2CC[C@@H]1C2. The molecule has 5 nitrogen and oxygen atoms in total. The molecule has 0 unspecified atom stereocenters. The average molecular weight is 336 g/mol. The minimum atomic E-state index is -0.231. The molecule has 0 aromatic heterocycles.